The number of aryl methyl sites for hydroxylation is 1. The summed E-state index contributed by atoms with van der Waals surface area (Å²) in [6.45, 7) is 5.50. The number of hydrogen-bond donors (Lipinski definition) is 2. The van der Waals surface area contributed by atoms with Crippen molar-refractivity contribution in [2.75, 3.05) is 0 Å². The van der Waals surface area contributed by atoms with Gasteiger partial charge in [-0.05, 0) is 30.2 Å². The lowest BCUT2D eigenvalue weighted by Gasteiger charge is -2.22. The van der Waals surface area contributed by atoms with Crippen molar-refractivity contribution in [3.8, 4) is 5.75 Å². The predicted molar refractivity (Wildman–Crippen MR) is 70.8 cm³/mol. The molecule has 2 N–H and O–H groups in total. The van der Waals surface area contributed by atoms with Gasteiger partial charge in [0.2, 0.25) is 0 Å². The summed E-state index contributed by atoms with van der Waals surface area (Å²) in [7, 11) is 0. The number of ether oxygens (including phenoxy) is 1. The Bertz CT molecular complexity index is 596. The van der Waals surface area contributed by atoms with Crippen LogP contribution in [0.1, 0.15) is 5.56 Å². The van der Waals surface area contributed by atoms with Crippen molar-refractivity contribution in [2.45, 2.75) is 13.0 Å². The summed E-state index contributed by atoms with van der Waals surface area (Å²) in [4.78, 5) is 11.2. The topological polar surface area (TPSA) is 66.8 Å². The summed E-state index contributed by atoms with van der Waals surface area (Å²) in [5.74, 6) is -0.640. The van der Waals surface area contributed by atoms with Gasteiger partial charge in [0.25, 0.3) is 0 Å². The number of carboxylic acid groups (broad SMARTS) is 1. The highest BCUT2D eigenvalue weighted by Crippen LogP contribution is 2.28. The molecule has 98 valence electrons. The van der Waals surface area contributed by atoms with Crippen LogP contribution in [0.15, 0.2) is 59.9 Å². The number of benzene rings is 1. The van der Waals surface area contributed by atoms with E-state index in [1.165, 1.54) is 12.2 Å². The monoisotopic (exact) mass is 258 g/mol. The summed E-state index contributed by atoms with van der Waals surface area (Å²) >= 11 is 0. The van der Waals surface area contributed by atoms with Gasteiger partial charge in [0, 0.05) is 0 Å². The molecule has 2 rings (SSSR count). The molecule has 0 spiro atoms. The molecule has 0 aromatic heterocycles. The molecular formula is C15H14O4. The Hall–Kier alpha value is -2.33. The van der Waals surface area contributed by atoms with Crippen LogP contribution in [0.2, 0.25) is 0 Å². The smallest absolute Gasteiger partial charge is 0.339 e. The van der Waals surface area contributed by atoms with Crippen LogP contribution in [0.5, 0.6) is 5.75 Å². The van der Waals surface area contributed by atoms with E-state index in [4.69, 9.17) is 9.84 Å². The number of aliphatic carboxylic acids is 1. The first kappa shape index (κ1) is 13.1. The second-order valence-corrected chi connectivity index (χ2v) is 4.26. The van der Waals surface area contributed by atoms with Crippen LogP contribution in [0.25, 0.3) is 0 Å². The minimum absolute atomic E-state index is 0.00528. The number of hydrogen-bond acceptors (Lipinski definition) is 3. The lowest BCUT2D eigenvalue weighted by molar-refractivity contribution is -0.132. The lowest BCUT2D eigenvalue weighted by Crippen LogP contribution is -2.24. The normalized spacial score (nSPS) is 18.6. The average Bonchev–Trinajstić information content (AvgIpc) is 2.37. The molecule has 0 fully saturated rings. The van der Waals surface area contributed by atoms with E-state index in [9.17, 15) is 9.90 Å². The van der Waals surface area contributed by atoms with E-state index in [-0.39, 0.29) is 11.3 Å². The van der Waals surface area contributed by atoms with Crippen molar-refractivity contribution in [3.63, 3.8) is 0 Å². The molecule has 0 radical (unpaired) electrons. The van der Waals surface area contributed by atoms with Crippen molar-refractivity contribution in [2.24, 2.45) is 0 Å². The molecule has 0 saturated carbocycles. The van der Waals surface area contributed by atoms with Gasteiger partial charge in [0.15, 0.2) is 5.76 Å². The van der Waals surface area contributed by atoms with Gasteiger partial charge in [-0.3, -0.25) is 0 Å². The lowest BCUT2D eigenvalue weighted by atomic mass is 9.98. The number of carbonyl (C=O) groups is 1. The van der Waals surface area contributed by atoms with Crippen LogP contribution < -0.4 is 4.74 Å². The molecular weight excluding hydrogens is 244 g/mol. The zero-order chi connectivity index (χ0) is 14.0. The van der Waals surface area contributed by atoms with E-state index in [0.717, 1.165) is 5.56 Å². The van der Waals surface area contributed by atoms with Crippen LogP contribution in [0.4, 0.5) is 0 Å². The highest BCUT2D eigenvalue weighted by Gasteiger charge is 2.26. The van der Waals surface area contributed by atoms with E-state index >= 15 is 0 Å². The van der Waals surface area contributed by atoms with Gasteiger partial charge in [-0.1, -0.05) is 30.9 Å². The fourth-order valence-electron chi connectivity index (χ4n) is 1.76. The minimum atomic E-state index is -1.15. The third-order valence-corrected chi connectivity index (χ3v) is 2.87. The maximum absolute atomic E-state index is 11.2. The Labute approximate surface area is 111 Å². The summed E-state index contributed by atoms with van der Waals surface area (Å²) in [6, 6.07) is 7.19. The number of carboxylic acids is 1. The minimum Gasteiger partial charge on any atom is -0.478 e. The Balaban J connectivity index is 2.44. The van der Waals surface area contributed by atoms with Gasteiger partial charge < -0.3 is 14.9 Å². The molecule has 1 aliphatic carbocycles. The summed E-state index contributed by atoms with van der Waals surface area (Å²) in [5, 5.41) is 19.1. The summed E-state index contributed by atoms with van der Waals surface area (Å²) in [5.41, 5.74) is 1.18. The predicted octanol–water partition coefficient (Wildman–Crippen LogP) is 2.20. The molecule has 4 heteroatoms. The third-order valence-electron chi connectivity index (χ3n) is 2.87. The second kappa shape index (κ2) is 5.12. The van der Waals surface area contributed by atoms with Gasteiger partial charge in [-0.25, -0.2) is 4.79 Å². The number of aliphatic hydroxyl groups excluding tert-OH is 1. The summed E-state index contributed by atoms with van der Waals surface area (Å²) < 4.78 is 5.58. The van der Waals surface area contributed by atoms with Crippen molar-refractivity contribution in [3.05, 3.63) is 65.5 Å². The van der Waals surface area contributed by atoms with Crippen molar-refractivity contribution in [1.82, 2.24) is 0 Å². The van der Waals surface area contributed by atoms with E-state index in [1.807, 2.05) is 19.1 Å². The van der Waals surface area contributed by atoms with E-state index < -0.39 is 12.1 Å². The van der Waals surface area contributed by atoms with Crippen LogP contribution in [-0.2, 0) is 4.79 Å². The van der Waals surface area contributed by atoms with Crippen LogP contribution >= 0.6 is 0 Å². The summed E-state index contributed by atoms with van der Waals surface area (Å²) in [6.07, 6.45) is 1.71. The Morgan fingerprint density at radius 3 is 2.63 bits per heavy atom. The first-order chi connectivity index (χ1) is 9.00. The highest BCUT2D eigenvalue weighted by atomic mass is 16.5. The Morgan fingerprint density at radius 2 is 2.00 bits per heavy atom. The first-order valence-electron chi connectivity index (χ1n) is 5.76. The highest BCUT2D eigenvalue weighted by molar-refractivity contribution is 5.91. The molecule has 0 heterocycles. The maximum Gasteiger partial charge on any atom is 0.339 e. The zero-order valence-electron chi connectivity index (χ0n) is 10.5. The van der Waals surface area contributed by atoms with E-state index in [2.05, 4.69) is 6.58 Å². The molecule has 1 unspecified atom stereocenters. The van der Waals surface area contributed by atoms with E-state index in [1.54, 1.807) is 12.1 Å². The number of para-hydroxylation sites is 1. The molecule has 1 aliphatic rings. The quantitative estimate of drug-likeness (QED) is 0.872. The SMILES string of the molecule is C=C1C=CC(C(=O)O)=C(Oc2ccccc2C)C1O. The molecule has 0 amide bonds. The number of rotatable bonds is 3. The maximum atomic E-state index is 11.2. The Kier molecular flexibility index (Phi) is 3.53. The molecule has 1 atom stereocenters. The Morgan fingerprint density at radius 1 is 1.32 bits per heavy atom. The fraction of sp³-hybridized carbons (Fsp3) is 0.133. The molecule has 1 aromatic carbocycles. The van der Waals surface area contributed by atoms with Crippen LogP contribution in [0.3, 0.4) is 0 Å². The number of aliphatic hydroxyl groups is 1. The van der Waals surface area contributed by atoms with Gasteiger partial charge in [0.05, 0.1) is 0 Å². The van der Waals surface area contributed by atoms with E-state index in [0.29, 0.717) is 11.3 Å². The molecule has 0 aliphatic heterocycles. The van der Waals surface area contributed by atoms with Crippen LogP contribution in [0, 0.1) is 6.92 Å². The fourth-order valence-corrected chi connectivity index (χ4v) is 1.76. The molecule has 19 heavy (non-hydrogen) atoms. The zero-order valence-corrected chi connectivity index (χ0v) is 10.5. The first-order valence-corrected chi connectivity index (χ1v) is 5.76. The molecule has 1 aromatic rings. The molecule has 4 nitrogen and oxygen atoms in total. The second-order valence-electron chi connectivity index (χ2n) is 4.26. The standard InChI is InChI=1S/C15H14O4/c1-9-5-3-4-6-12(9)19-14-11(15(17)18)8-7-10(2)13(14)16/h3-8,13,16H,2H2,1H3,(H,17,18). The van der Waals surface area contributed by atoms with Crippen LogP contribution in [-0.4, -0.2) is 22.3 Å². The van der Waals surface area contributed by atoms with Gasteiger partial charge in [-0.15, -0.1) is 0 Å². The van der Waals surface area contributed by atoms with Gasteiger partial charge in [0.1, 0.15) is 17.4 Å². The average molecular weight is 258 g/mol. The van der Waals surface area contributed by atoms with Crippen molar-refractivity contribution in [1.29, 1.82) is 0 Å². The third kappa shape index (κ3) is 2.58. The molecule has 0 saturated heterocycles. The largest absolute Gasteiger partial charge is 0.478 e. The van der Waals surface area contributed by atoms with Crippen molar-refractivity contribution < 1.29 is 19.7 Å². The van der Waals surface area contributed by atoms with Gasteiger partial charge in [-0.2, -0.15) is 0 Å². The molecule has 0 bridgehead atoms. The van der Waals surface area contributed by atoms with Crippen molar-refractivity contribution >= 4 is 5.97 Å². The van der Waals surface area contributed by atoms with Gasteiger partial charge >= 0.3 is 5.97 Å².